The van der Waals surface area contributed by atoms with Gasteiger partial charge in [-0.2, -0.15) is 0 Å². The van der Waals surface area contributed by atoms with E-state index in [1.807, 2.05) is 13.2 Å². The molecule has 0 radical (unpaired) electrons. The van der Waals surface area contributed by atoms with E-state index >= 15 is 0 Å². The Morgan fingerprint density at radius 2 is 2.05 bits per heavy atom. The molecule has 0 unspecified atom stereocenters. The highest BCUT2D eigenvalue weighted by Crippen LogP contribution is 2.18. The van der Waals surface area contributed by atoms with Gasteiger partial charge in [0.15, 0.2) is 0 Å². The fraction of sp³-hybridized carbons (Fsp3) is 0.923. The van der Waals surface area contributed by atoms with Crippen LogP contribution in [0.4, 0.5) is 4.79 Å². The number of carbonyl (C=O) groups is 1. The van der Waals surface area contributed by atoms with E-state index in [2.05, 4.69) is 0 Å². The fourth-order valence-corrected chi connectivity index (χ4v) is 2.33. The first-order valence-electron chi connectivity index (χ1n) is 6.93. The lowest BCUT2D eigenvalue weighted by atomic mass is 9.98. The molecule has 0 aromatic rings. The summed E-state index contributed by atoms with van der Waals surface area (Å²) in [6.07, 6.45) is 4.66. The van der Waals surface area contributed by atoms with Crippen molar-refractivity contribution in [3.8, 4) is 0 Å². The van der Waals surface area contributed by atoms with E-state index in [4.69, 9.17) is 13.7 Å². The third-order valence-corrected chi connectivity index (χ3v) is 3.53. The van der Waals surface area contributed by atoms with Crippen molar-refractivity contribution in [2.24, 2.45) is 5.92 Å². The van der Waals surface area contributed by atoms with Gasteiger partial charge in [-0.3, -0.25) is 0 Å². The molecule has 0 aromatic heterocycles. The Bertz CT molecular complexity index is 245. The molecule has 5 nitrogen and oxygen atoms in total. The van der Waals surface area contributed by atoms with Crippen LogP contribution in [0.3, 0.4) is 0 Å². The Hall–Kier alpha value is -0.460. The predicted octanol–water partition coefficient (Wildman–Crippen LogP) is 2.56. The molecule has 1 heterocycles. The lowest BCUT2D eigenvalue weighted by Gasteiger charge is -2.31. The molecule has 0 aliphatic carbocycles. The van der Waals surface area contributed by atoms with Crippen LogP contribution in [-0.2, 0) is 13.7 Å². The SMILES string of the molecule is CCOC(=O)N1CCC(COCCCOSC)CC1. The van der Waals surface area contributed by atoms with Crippen LogP contribution in [0.15, 0.2) is 0 Å². The minimum atomic E-state index is -0.184. The number of carbonyl (C=O) groups excluding carboxylic acids is 1. The molecule has 1 amide bonds. The van der Waals surface area contributed by atoms with Gasteiger partial charge < -0.3 is 18.6 Å². The smallest absolute Gasteiger partial charge is 0.409 e. The molecule has 112 valence electrons. The summed E-state index contributed by atoms with van der Waals surface area (Å²) in [5, 5.41) is 0. The first-order valence-corrected chi connectivity index (χ1v) is 8.08. The maximum atomic E-state index is 11.5. The number of likely N-dealkylation sites (tertiary alicyclic amines) is 1. The molecular weight excluding hydrogens is 266 g/mol. The van der Waals surface area contributed by atoms with E-state index in [0.29, 0.717) is 12.5 Å². The lowest BCUT2D eigenvalue weighted by molar-refractivity contribution is 0.0531. The minimum absolute atomic E-state index is 0.184. The van der Waals surface area contributed by atoms with Crippen LogP contribution in [0.25, 0.3) is 0 Å². The van der Waals surface area contributed by atoms with Gasteiger partial charge in [-0.25, -0.2) is 4.79 Å². The van der Waals surface area contributed by atoms with E-state index in [0.717, 1.165) is 52.2 Å². The van der Waals surface area contributed by atoms with Crippen LogP contribution in [0.5, 0.6) is 0 Å². The maximum absolute atomic E-state index is 11.5. The Morgan fingerprint density at radius 3 is 2.68 bits per heavy atom. The van der Waals surface area contributed by atoms with Crippen LogP contribution < -0.4 is 0 Å². The van der Waals surface area contributed by atoms with Crippen LogP contribution in [0.1, 0.15) is 26.2 Å². The number of piperidine rings is 1. The number of amides is 1. The predicted molar refractivity (Wildman–Crippen MR) is 76.2 cm³/mol. The van der Waals surface area contributed by atoms with E-state index in [1.54, 1.807) is 4.90 Å². The third-order valence-electron chi connectivity index (χ3n) is 3.13. The quantitative estimate of drug-likeness (QED) is 0.508. The third kappa shape index (κ3) is 7.03. The zero-order chi connectivity index (χ0) is 13.9. The molecule has 19 heavy (non-hydrogen) atoms. The van der Waals surface area contributed by atoms with Crippen molar-refractivity contribution in [1.82, 2.24) is 4.90 Å². The molecule has 0 N–H and O–H groups in total. The van der Waals surface area contributed by atoms with Crippen molar-refractivity contribution in [3.05, 3.63) is 0 Å². The zero-order valence-corrected chi connectivity index (χ0v) is 12.7. The topological polar surface area (TPSA) is 48.0 Å². The maximum Gasteiger partial charge on any atom is 0.409 e. The van der Waals surface area contributed by atoms with E-state index in [-0.39, 0.29) is 6.09 Å². The molecule has 0 aromatic carbocycles. The van der Waals surface area contributed by atoms with E-state index in [1.165, 1.54) is 12.0 Å². The van der Waals surface area contributed by atoms with Gasteiger partial charge in [0.05, 0.1) is 13.2 Å². The summed E-state index contributed by atoms with van der Waals surface area (Å²) in [4.78, 5) is 13.3. The first kappa shape index (κ1) is 16.6. The Morgan fingerprint density at radius 1 is 1.32 bits per heavy atom. The summed E-state index contributed by atoms with van der Waals surface area (Å²) in [5.74, 6) is 0.562. The minimum Gasteiger partial charge on any atom is -0.450 e. The molecule has 0 saturated carbocycles. The highest BCUT2D eigenvalue weighted by Gasteiger charge is 2.23. The summed E-state index contributed by atoms with van der Waals surface area (Å²) in [7, 11) is 0. The average Bonchev–Trinajstić information content (AvgIpc) is 2.43. The first-order chi connectivity index (χ1) is 9.27. The summed E-state index contributed by atoms with van der Waals surface area (Å²) in [6, 6.07) is 0. The summed E-state index contributed by atoms with van der Waals surface area (Å²) in [5.41, 5.74) is 0. The summed E-state index contributed by atoms with van der Waals surface area (Å²) in [6.45, 7) is 6.11. The lowest BCUT2D eigenvalue weighted by Crippen LogP contribution is -2.39. The monoisotopic (exact) mass is 291 g/mol. The second-order valence-electron chi connectivity index (χ2n) is 4.55. The van der Waals surface area contributed by atoms with Crippen molar-refractivity contribution in [1.29, 1.82) is 0 Å². The van der Waals surface area contributed by atoms with Gasteiger partial charge in [0.2, 0.25) is 0 Å². The number of nitrogens with zero attached hydrogens (tertiary/aromatic N) is 1. The van der Waals surface area contributed by atoms with E-state index in [9.17, 15) is 4.79 Å². The fourth-order valence-electron chi connectivity index (χ4n) is 2.05. The number of hydrogen-bond acceptors (Lipinski definition) is 5. The Balaban J connectivity index is 2.02. The Kier molecular flexibility index (Phi) is 9.03. The molecule has 0 atom stereocenters. The van der Waals surface area contributed by atoms with Gasteiger partial charge in [-0.1, -0.05) is 0 Å². The number of ether oxygens (including phenoxy) is 2. The van der Waals surface area contributed by atoms with E-state index < -0.39 is 0 Å². The number of rotatable bonds is 8. The van der Waals surface area contributed by atoms with Crippen molar-refractivity contribution < 1.29 is 18.5 Å². The van der Waals surface area contributed by atoms with Gasteiger partial charge in [-0.05, 0) is 44.1 Å². The molecule has 1 aliphatic rings. The van der Waals surface area contributed by atoms with Crippen molar-refractivity contribution >= 4 is 18.1 Å². The molecule has 0 spiro atoms. The molecular formula is C13H25NO4S. The zero-order valence-electron chi connectivity index (χ0n) is 11.9. The normalized spacial score (nSPS) is 16.6. The molecule has 0 bridgehead atoms. The summed E-state index contributed by atoms with van der Waals surface area (Å²) >= 11 is 1.39. The van der Waals surface area contributed by atoms with Crippen LogP contribution in [0.2, 0.25) is 0 Å². The number of hydrogen-bond donors (Lipinski definition) is 0. The highest BCUT2D eigenvalue weighted by molar-refractivity contribution is 7.93. The second-order valence-corrected chi connectivity index (χ2v) is 5.12. The summed E-state index contributed by atoms with van der Waals surface area (Å²) < 4.78 is 15.8. The van der Waals surface area contributed by atoms with Gasteiger partial charge in [-0.15, -0.1) is 0 Å². The van der Waals surface area contributed by atoms with Crippen LogP contribution in [-0.4, -0.2) is 56.8 Å². The standard InChI is InChI=1S/C13H25NO4S/c1-3-17-13(15)14-7-5-12(6-8-14)11-16-9-4-10-18-19-2/h12H,3-11H2,1-2H3. The van der Waals surface area contributed by atoms with Crippen molar-refractivity contribution in [2.75, 3.05) is 45.8 Å². The molecule has 1 fully saturated rings. The highest BCUT2D eigenvalue weighted by atomic mass is 32.2. The average molecular weight is 291 g/mol. The molecule has 1 saturated heterocycles. The van der Waals surface area contributed by atoms with Gasteiger partial charge in [0, 0.05) is 32.6 Å². The van der Waals surface area contributed by atoms with Gasteiger partial charge in [0.1, 0.15) is 0 Å². The molecule has 1 rings (SSSR count). The van der Waals surface area contributed by atoms with Gasteiger partial charge >= 0.3 is 6.09 Å². The van der Waals surface area contributed by atoms with Crippen molar-refractivity contribution in [3.63, 3.8) is 0 Å². The van der Waals surface area contributed by atoms with Crippen LogP contribution in [0, 0.1) is 5.92 Å². The molecule has 6 heteroatoms. The van der Waals surface area contributed by atoms with Gasteiger partial charge in [0.25, 0.3) is 0 Å². The molecule has 1 aliphatic heterocycles. The van der Waals surface area contributed by atoms with Crippen LogP contribution >= 0.6 is 12.0 Å². The largest absolute Gasteiger partial charge is 0.450 e. The Labute approximate surface area is 120 Å². The second kappa shape index (κ2) is 10.3. The van der Waals surface area contributed by atoms with Crippen molar-refractivity contribution in [2.45, 2.75) is 26.2 Å².